The molecule has 15 heavy (non-hydrogen) atoms. The molecule has 0 aliphatic heterocycles. The average Bonchev–Trinajstić information content (AvgIpc) is 2.26. The Bertz CT molecular complexity index is 370. The summed E-state index contributed by atoms with van der Waals surface area (Å²) in [6.07, 6.45) is 5.45. The minimum Gasteiger partial charge on any atom is -0.496 e. The van der Waals surface area contributed by atoms with Crippen LogP contribution in [0.1, 0.15) is 18.5 Å². The highest BCUT2D eigenvalue weighted by atomic mass is 35.5. The lowest BCUT2D eigenvalue weighted by Gasteiger charge is -2.15. The van der Waals surface area contributed by atoms with Gasteiger partial charge in [-0.25, -0.2) is 0 Å². The molecule has 3 heteroatoms. The van der Waals surface area contributed by atoms with Crippen LogP contribution in [0.3, 0.4) is 0 Å². The van der Waals surface area contributed by atoms with E-state index in [1.807, 2.05) is 13.0 Å². The van der Waals surface area contributed by atoms with Crippen molar-refractivity contribution in [3.8, 4) is 18.1 Å². The summed E-state index contributed by atoms with van der Waals surface area (Å²) in [5.41, 5.74) is 0.936. The molecule has 0 aromatic heterocycles. The minimum absolute atomic E-state index is 0.137. The lowest BCUT2D eigenvalue weighted by Crippen LogP contribution is -2.19. The van der Waals surface area contributed by atoms with Gasteiger partial charge in [0.1, 0.15) is 5.75 Å². The summed E-state index contributed by atoms with van der Waals surface area (Å²) in [7, 11) is 1.61. The summed E-state index contributed by atoms with van der Waals surface area (Å²) in [6, 6.07) is 5.32. The number of rotatable bonds is 4. The van der Waals surface area contributed by atoms with Gasteiger partial charge < -0.3 is 10.1 Å². The van der Waals surface area contributed by atoms with Gasteiger partial charge in [-0.15, -0.1) is 6.42 Å². The molecular weight excluding hydrogens is 210 g/mol. The van der Waals surface area contributed by atoms with Gasteiger partial charge in [0, 0.05) is 10.6 Å². The molecule has 1 aromatic carbocycles. The highest BCUT2D eigenvalue weighted by Gasteiger charge is 2.12. The average molecular weight is 224 g/mol. The van der Waals surface area contributed by atoms with Gasteiger partial charge in [0.2, 0.25) is 0 Å². The van der Waals surface area contributed by atoms with Crippen LogP contribution in [0.5, 0.6) is 5.75 Å². The number of hydrogen-bond acceptors (Lipinski definition) is 2. The van der Waals surface area contributed by atoms with Gasteiger partial charge in [0.15, 0.2) is 0 Å². The van der Waals surface area contributed by atoms with E-state index in [0.29, 0.717) is 10.8 Å². The largest absolute Gasteiger partial charge is 0.496 e. The van der Waals surface area contributed by atoms with E-state index in [1.54, 1.807) is 19.2 Å². The van der Waals surface area contributed by atoms with Gasteiger partial charge in [-0.2, -0.15) is 0 Å². The van der Waals surface area contributed by atoms with Crippen LogP contribution in [0.15, 0.2) is 18.2 Å². The molecule has 1 unspecified atom stereocenters. The summed E-state index contributed by atoms with van der Waals surface area (Å²) in [5, 5.41) is 3.83. The second-order valence-corrected chi connectivity index (χ2v) is 3.48. The third-order valence-electron chi connectivity index (χ3n) is 2.08. The fourth-order valence-electron chi connectivity index (χ4n) is 1.39. The second kappa shape index (κ2) is 5.65. The predicted molar refractivity (Wildman–Crippen MR) is 63.3 cm³/mol. The third-order valence-corrected chi connectivity index (χ3v) is 2.32. The number of hydrogen-bond donors (Lipinski definition) is 1. The van der Waals surface area contributed by atoms with Crippen LogP contribution in [0.2, 0.25) is 5.02 Å². The van der Waals surface area contributed by atoms with Crippen LogP contribution in [0, 0.1) is 12.3 Å². The van der Waals surface area contributed by atoms with E-state index in [4.69, 9.17) is 22.8 Å². The Hall–Kier alpha value is -1.17. The lowest BCUT2D eigenvalue weighted by molar-refractivity contribution is 0.406. The van der Waals surface area contributed by atoms with Crippen LogP contribution < -0.4 is 10.1 Å². The number of terminal acetylenes is 1. The van der Waals surface area contributed by atoms with Crippen molar-refractivity contribution in [2.45, 2.75) is 13.0 Å². The Balaban J connectivity index is 3.06. The molecule has 0 saturated carbocycles. The molecule has 0 aliphatic rings. The molecule has 1 rings (SSSR count). The number of ether oxygens (including phenoxy) is 1. The third kappa shape index (κ3) is 2.89. The molecule has 80 valence electrons. The Morgan fingerprint density at radius 2 is 2.33 bits per heavy atom. The van der Waals surface area contributed by atoms with Crippen LogP contribution in [-0.2, 0) is 0 Å². The monoisotopic (exact) mass is 223 g/mol. The van der Waals surface area contributed by atoms with Crippen molar-refractivity contribution in [1.82, 2.24) is 5.32 Å². The molecule has 0 aliphatic carbocycles. The fourth-order valence-corrected chi connectivity index (χ4v) is 1.55. The zero-order chi connectivity index (χ0) is 11.3. The van der Waals surface area contributed by atoms with Crippen molar-refractivity contribution < 1.29 is 4.74 Å². The van der Waals surface area contributed by atoms with E-state index < -0.39 is 0 Å². The normalized spacial score (nSPS) is 11.9. The standard InChI is InChI=1S/C12H14ClNO/c1-4-11(14-5-2)10-7-6-9(13)8-12(10)15-3/h1,6-8,11,14H,5H2,2-3H3. The topological polar surface area (TPSA) is 21.3 Å². The number of benzene rings is 1. The number of halogens is 1. The van der Waals surface area contributed by atoms with Crippen molar-refractivity contribution in [1.29, 1.82) is 0 Å². The molecule has 0 saturated heterocycles. The first-order valence-corrected chi connectivity index (χ1v) is 5.13. The van der Waals surface area contributed by atoms with E-state index in [0.717, 1.165) is 12.1 Å². The van der Waals surface area contributed by atoms with Gasteiger partial charge >= 0.3 is 0 Å². The van der Waals surface area contributed by atoms with Crippen molar-refractivity contribution >= 4 is 11.6 Å². The SMILES string of the molecule is C#CC(NCC)c1ccc(Cl)cc1OC. The summed E-state index contributed by atoms with van der Waals surface area (Å²) in [5.74, 6) is 3.39. The molecule has 0 radical (unpaired) electrons. The maximum Gasteiger partial charge on any atom is 0.126 e. The molecule has 1 N–H and O–H groups in total. The van der Waals surface area contributed by atoms with Crippen LogP contribution in [0.4, 0.5) is 0 Å². The summed E-state index contributed by atoms with van der Waals surface area (Å²) in [6.45, 7) is 2.81. The van der Waals surface area contributed by atoms with E-state index in [9.17, 15) is 0 Å². The Labute approximate surface area is 95.6 Å². The minimum atomic E-state index is -0.137. The molecule has 0 spiro atoms. The zero-order valence-corrected chi connectivity index (χ0v) is 9.64. The molecule has 0 fully saturated rings. The van der Waals surface area contributed by atoms with Crippen molar-refractivity contribution in [2.24, 2.45) is 0 Å². The van der Waals surface area contributed by atoms with E-state index in [1.165, 1.54) is 0 Å². The molecule has 0 bridgehead atoms. The van der Waals surface area contributed by atoms with Gasteiger partial charge in [-0.05, 0) is 18.7 Å². The summed E-state index contributed by atoms with van der Waals surface area (Å²) in [4.78, 5) is 0. The molecule has 2 nitrogen and oxygen atoms in total. The highest BCUT2D eigenvalue weighted by molar-refractivity contribution is 6.30. The maximum atomic E-state index is 5.87. The molecular formula is C12H14ClNO. The molecule has 1 aromatic rings. The van der Waals surface area contributed by atoms with Gasteiger partial charge in [-0.3, -0.25) is 0 Å². The van der Waals surface area contributed by atoms with Crippen molar-refractivity contribution in [3.05, 3.63) is 28.8 Å². The molecule has 0 heterocycles. The fraction of sp³-hybridized carbons (Fsp3) is 0.333. The zero-order valence-electron chi connectivity index (χ0n) is 8.88. The molecule has 1 atom stereocenters. The van der Waals surface area contributed by atoms with E-state index in [2.05, 4.69) is 11.2 Å². The smallest absolute Gasteiger partial charge is 0.126 e. The Morgan fingerprint density at radius 1 is 1.60 bits per heavy atom. The summed E-state index contributed by atoms with van der Waals surface area (Å²) >= 11 is 5.87. The highest BCUT2D eigenvalue weighted by Crippen LogP contribution is 2.27. The first kappa shape index (κ1) is 11.9. The summed E-state index contributed by atoms with van der Waals surface area (Å²) < 4.78 is 5.24. The Kier molecular flexibility index (Phi) is 4.48. The lowest BCUT2D eigenvalue weighted by atomic mass is 10.1. The first-order valence-electron chi connectivity index (χ1n) is 4.75. The van der Waals surface area contributed by atoms with Crippen LogP contribution in [-0.4, -0.2) is 13.7 Å². The van der Waals surface area contributed by atoms with Crippen molar-refractivity contribution in [3.63, 3.8) is 0 Å². The van der Waals surface area contributed by atoms with E-state index >= 15 is 0 Å². The Morgan fingerprint density at radius 3 is 2.87 bits per heavy atom. The predicted octanol–water partition coefficient (Wildman–Crippen LogP) is 2.63. The molecule has 0 amide bonds. The van der Waals surface area contributed by atoms with Crippen molar-refractivity contribution in [2.75, 3.05) is 13.7 Å². The second-order valence-electron chi connectivity index (χ2n) is 3.04. The van der Waals surface area contributed by atoms with E-state index in [-0.39, 0.29) is 6.04 Å². The number of nitrogens with one attached hydrogen (secondary N) is 1. The quantitative estimate of drug-likeness (QED) is 0.793. The van der Waals surface area contributed by atoms with Crippen LogP contribution >= 0.6 is 11.6 Å². The van der Waals surface area contributed by atoms with Crippen LogP contribution in [0.25, 0.3) is 0 Å². The van der Waals surface area contributed by atoms with Gasteiger partial charge in [0.25, 0.3) is 0 Å². The number of methoxy groups -OCH3 is 1. The maximum absolute atomic E-state index is 5.87. The van der Waals surface area contributed by atoms with Gasteiger partial charge in [-0.1, -0.05) is 30.5 Å². The first-order chi connectivity index (χ1) is 7.22. The van der Waals surface area contributed by atoms with Gasteiger partial charge in [0.05, 0.1) is 13.2 Å².